The van der Waals surface area contributed by atoms with Crippen molar-refractivity contribution in [3.63, 3.8) is 0 Å². The number of rotatable bonds is 2. The maximum Gasteiger partial charge on any atom is 0.226 e. The zero-order valence-electron chi connectivity index (χ0n) is 5.02. The summed E-state index contributed by atoms with van der Waals surface area (Å²) in [5, 5.41) is 2.50. The Morgan fingerprint density at radius 2 is 2.40 bits per heavy atom. The average molecular weight is 175 g/mol. The smallest absolute Gasteiger partial charge is 0.226 e. The number of hydrogen-bond donors (Lipinski definition) is 0. The number of sulfone groups is 1. The number of hydrogen-bond acceptors (Lipinski definition) is 4. The van der Waals surface area contributed by atoms with Gasteiger partial charge >= 0.3 is 0 Å². The lowest BCUT2D eigenvalue weighted by Gasteiger charge is -1.86. The Labute approximate surface area is 63.0 Å². The predicted molar refractivity (Wildman–Crippen MR) is 39.5 cm³/mol. The van der Waals surface area contributed by atoms with Gasteiger partial charge in [-0.25, -0.2) is 13.4 Å². The third-order valence-corrected chi connectivity index (χ3v) is 3.45. The zero-order valence-corrected chi connectivity index (χ0v) is 6.65. The molecule has 0 amide bonds. The van der Waals surface area contributed by atoms with Crippen molar-refractivity contribution in [1.29, 1.82) is 0 Å². The molecule has 0 saturated heterocycles. The average Bonchev–Trinajstić information content (AvgIpc) is 2.38. The van der Waals surface area contributed by atoms with Gasteiger partial charge in [-0.1, -0.05) is 6.58 Å². The first-order valence-electron chi connectivity index (χ1n) is 2.44. The van der Waals surface area contributed by atoms with Gasteiger partial charge in [-0.15, -0.1) is 11.3 Å². The van der Waals surface area contributed by atoms with E-state index in [0.29, 0.717) is 0 Å². The van der Waals surface area contributed by atoms with E-state index in [1.807, 2.05) is 0 Å². The largest absolute Gasteiger partial charge is 0.233 e. The molecule has 0 fully saturated rings. The SMILES string of the molecule is C=CS(=O)(=O)c1nccs1. The van der Waals surface area contributed by atoms with E-state index >= 15 is 0 Å². The fraction of sp³-hybridized carbons (Fsp3) is 0. The summed E-state index contributed by atoms with van der Waals surface area (Å²) in [4.78, 5) is 3.62. The maximum absolute atomic E-state index is 10.9. The Morgan fingerprint density at radius 3 is 2.80 bits per heavy atom. The minimum Gasteiger partial charge on any atom is -0.233 e. The first-order chi connectivity index (χ1) is 4.67. The standard InChI is InChI=1S/C5H5NO2S2/c1-2-10(7,8)5-6-3-4-9-5/h2-4H,1H2. The van der Waals surface area contributed by atoms with Crippen molar-refractivity contribution in [3.8, 4) is 0 Å². The molecule has 10 heavy (non-hydrogen) atoms. The molecule has 1 aromatic heterocycles. The molecule has 0 N–H and O–H groups in total. The molecule has 0 radical (unpaired) electrons. The fourth-order valence-corrected chi connectivity index (χ4v) is 2.04. The van der Waals surface area contributed by atoms with Crippen molar-refractivity contribution >= 4 is 21.2 Å². The highest BCUT2D eigenvalue weighted by Gasteiger charge is 2.10. The lowest BCUT2D eigenvalue weighted by atomic mass is 11.0. The van der Waals surface area contributed by atoms with Crippen LogP contribution in [-0.4, -0.2) is 13.4 Å². The van der Waals surface area contributed by atoms with E-state index in [1.165, 1.54) is 6.20 Å². The molecule has 5 heteroatoms. The van der Waals surface area contributed by atoms with Gasteiger partial charge in [-0.3, -0.25) is 0 Å². The van der Waals surface area contributed by atoms with Crippen LogP contribution < -0.4 is 0 Å². The van der Waals surface area contributed by atoms with E-state index in [4.69, 9.17) is 0 Å². The highest BCUT2D eigenvalue weighted by Crippen LogP contribution is 2.13. The topological polar surface area (TPSA) is 47.0 Å². The molecule has 0 saturated carbocycles. The van der Waals surface area contributed by atoms with Gasteiger partial charge in [-0.2, -0.15) is 0 Å². The summed E-state index contributed by atoms with van der Waals surface area (Å²) >= 11 is 1.08. The zero-order chi connectivity index (χ0) is 7.61. The summed E-state index contributed by atoms with van der Waals surface area (Å²) in [7, 11) is -3.28. The van der Waals surface area contributed by atoms with E-state index in [0.717, 1.165) is 16.7 Å². The van der Waals surface area contributed by atoms with Gasteiger partial charge in [0.1, 0.15) is 0 Å². The van der Waals surface area contributed by atoms with Crippen LogP contribution in [-0.2, 0) is 9.84 Å². The minimum atomic E-state index is -3.28. The molecular formula is C5H5NO2S2. The van der Waals surface area contributed by atoms with Crippen molar-refractivity contribution < 1.29 is 8.42 Å². The number of nitrogens with zero attached hydrogens (tertiary/aromatic N) is 1. The van der Waals surface area contributed by atoms with Crippen LogP contribution in [0.5, 0.6) is 0 Å². The van der Waals surface area contributed by atoms with Crippen LogP contribution in [0.2, 0.25) is 0 Å². The van der Waals surface area contributed by atoms with Gasteiger partial charge < -0.3 is 0 Å². The summed E-state index contributed by atoms with van der Waals surface area (Å²) in [5.41, 5.74) is 0. The van der Waals surface area contributed by atoms with E-state index in [2.05, 4.69) is 11.6 Å². The van der Waals surface area contributed by atoms with Crippen molar-refractivity contribution in [3.05, 3.63) is 23.6 Å². The molecule has 0 aliphatic rings. The second-order valence-electron chi connectivity index (χ2n) is 1.51. The minimum absolute atomic E-state index is 0.0995. The predicted octanol–water partition coefficient (Wildman–Crippen LogP) is 1.06. The van der Waals surface area contributed by atoms with Crippen LogP contribution in [0.1, 0.15) is 0 Å². The molecule has 1 aromatic rings. The highest BCUT2D eigenvalue weighted by molar-refractivity contribution is 7.96. The lowest BCUT2D eigenvalue weighted by Crippen LogP contribution is -1.92. The number of thiazole rings is 1. The third-order valence-electron chi connectivity index (χ3n) is 0.872. The molecular weight excluding hydrogens is 170 g/mol. The summed E-state index contributed by atoms with van der Waals surface area (Å²) in [6.45, 7) is 3.17. The second kappa shape index (κ2) is 2.51. The van der Waals surface area contributed by atoms with Crippen molar-refractivity contribution in [1.82, 2.24) is 4.98 Å². The molecule has 0 unspecified atom stereocenters. The Bertz CT molecular complexity index is 311. The van der Waals surface area contributed by atoms with E-state index in [-0.39, 0.29) is 4.34 Å². The molecule has 0 spiro atoms. The third kappa shape index (κ3) is 1.25. The molecule has 54 valence electrons. The van der Waals surface area contributed by atoms with Gasteiger partial charge in [0.2, 0.25) is 14.2 Å². The Kier molecular flexibility index (Phi) is 1.87. The summed E-state index contributed by atoms with van der Waals surface area (Å²) < 4.78 is 21.9. The van der Waals surface area contributed by atoms with Crippen LogP contribution in [0.25, 0.3) is 0 Å². The normalized spacial score (nSPS) is 11.2. The van der Waals surface area contributed by atoms with Gasteiger partial charge in [0.15, 0.2) is 0 Å². The van der Waals surface area contributed by atoms with Crippen molar-refractivity contribution in [2.45, 2.75) is 4.34 Å². The molecule has 0 aromatic carbocycles. The summed E-state index contributed by atoms with van der Waals surface area (Å²) in [6, 6.07) is 0. The van der Waals surface area contributed by atoms with Gasteiger partial charge in [0.25, 0.3) is 0 Å². The molecule has 1 heterocycles. The Hall–Kier alpha value is -0.680. The van der Waals surface area contributed by atoms with Gasteiger partial charge in [0.05, 0.1) is 0 Å². The van der Waals surface area contributed by atoms with Crippen LogP contribution in [0.4, 0.5) is 0 Å². The number of aromatic nitrogens is 1. The molecule has 0 atom stereocenters. The van der Waals surface area contributed by atoms with Crippen molar-refractivity contribution in [2.75, 3.05) is 0 Å². The van der Waals surface area contributed by atoms with Gasteiger partial charge in [0, 0.05) is 17.0 Å². The van der Waals surface area contributed by atoms with E-state index in [1.54, 1.807) is 5.38 Å². The van der Waals surface area contributed by atoms with Crippen LogP contribution in [0.3, 0.4) is 0 Å². The monoisotopic (exact) mass is 175 g/mol. The fourth-order valence-electron chi connectivity index (χ4n) is 0.422. The maximum atomic E-state index is 10.9. The Balaban J connectivity index is 3.22. The van der Waals surface area contributed by atoms with E-state index < -0.39 is 9.84 Å². The molecule has 0 aliphatic carbocycles. The molecule has 0 bridgehead atoms. The summed E-state index contributed by atoms with van der Waals surface area (Å²) in [6.07, 6.45) is 1.45. The van der Waals surface area contributed by atoms with E-state index in [9.17, 15) is 8.42 Å². The first kappa shape index (κ1) is 7.43. The first-order valence-corrected chi connectivity index (χ1v) is 4.86. The molecule has 1 rings (SSSR count). The van der Waals surface area contributed by atoms with Crippen LogP contribution in [0, 0.1) is 0 Å². The Morgan fingerprint density at radius 1 is 1.70 bits per heavy atom. The summed E-state index contributed by atoms with van der Waals surface area (Å²) in [5.74, 6) is 0. The quantitative estimate of drug-likeness (QED) is 0.675. The van der Waals surface area contributed by atoms with Crippen LogP contribution >= 0.6 is 11.3 Å². The van der Waals surface area contributed by atoms with Crippen LogP contribution in [0.15, 0.2) is 27.9 Å². The highest BCUT2D eigenvalue weighted by atomic mass is 32.2. The molecule has 0 aliphatic heterocycles. The molecule has 3 nitrogen and oxygen atoms in total. The second-order valence-corrected chi connectivity index (χ2v) is 4.47. The lowest BCUT2D eigenvalue weighted by molar-refractivity contribution is 0.604. The van der Waals surface area contributed by atoms with Crippen molar-refractivity contribution in [2.24, 2.45) is 0 Å². The van der Waals surface area contributed by atoms with Gasteiger partial charge in [-0.05, 0) is 0 Å².